The largest absolute Gasteiger partial charge is 0.478 e. The minimum Gasteiger partial charge on any atom is -0.478 e. The van der Waals surface area contributed by atoms with Crippen LogP contribution >= 0.6 is 0 Å². The standard InChI is InChI=1S/C9H14N2O2/c10-9(12)6-11-7-13-8-4-2-1-3-5-8/h1-5,9,11-12H,6-7,10H2. The van der Waals surface area contributed by atoms with E-state index in [-0.39, 0.29) is 0 Å². The van der Waals surface area contributed by atoms with Crippen LogP contribution in [0.3, 0.4) is 0 Å². The Kier molecular flexibility index (Phi) is 4.25. The molecule has 4 N–H and O–H groups in total. The highest BCUT2D eigenvalue weighted by Crippen LogP contribution is 2.06. The number of nitrogens with two attached hydrogens (primary N) is 1. The molecule has 1 aromatic rings. The van der Waals surface area contributed by atoms with Crippen LogP contribution in [0.4, 0.5) is 0 Å². The zero-order valence-electron chi connectivity index (χ0n) is 7.31. The highest BCUT2D eigenvalue weighted by atomic mass is 16.5. The van der Waals surface area contributed by atoms with E-state index in [4.69, 9.17) is 15.6 Å². The Hall–Kier alpha value is -1.10. The Balaban J connectivity index is 2.13. The predicted octanol–water partition coefficient (Wildman–Crippen LogP) is -0.110. The summed E-state index contributed by atoms with van der Waals surface area (Å²) in [5.74, 6) is 0.793. The highest BCUT2D eigenvalue weighted by Gasteiger charge is 1.94. The highest BCUT2D eigenvalue weighted by molar-refractivity contribution is 5.20. The molecule has 4 nitrogen and oxygen atoms in total. The van der Waals surface area contributed by atoms with Crippen LogP contribution in [0.15, 0.2) is 30.3 Å². The van der Waals surface area contributed by atoms with Crippen LogP contribution in [-0.2, 0) is 0 Å². The monoisotopic (exact) mass is 182 g/mol. The lowest BCUT2D eigenvalue weighted by molar-refractivity contribution is 0.164. The minimum atomic E-state index is -0.834. The van der Waals surface area contributed by atoms with E-state index in [0.29, 0.717) is 13.3 Å². The Morgan fingerprint density at radius 1 is 1.38 bits per heavy atom. The summed E-state index contributed by atoms with van der Waals surface area (Å²) in [7, 11) is 0. The zero-order chi connectivity index (χ0) is 9.52. The molecular weight excluding hydrogens is 168 g/mol. The lowest BCUT2D eigenvalue weighted by Crippen LogP contribution is -2.35. The van der Waals surface area contributed by atoms with E-state index in [2.05, 4.69) is 5.32 Å². The molecule has 72 valence electrons. The molecule has 13 heavy (non-hydrogen) atoms. The maximum absolute atomic E-state index is 8.71. The van der Waals surface area contributed by atoms with Crippen LogP contribution in [0.2, 0.25) is 0 Å². The molecule has 0 aliphatic heterocycles. The lowest BCUT2D eigenvalue weighted by Gasteiger charge is -2.08. The molecule has 0 heterocycles. The Morgan fingerprint density at radius 2 is 2.08 bits per heavy atom. The van der Waals surface area contributed by atoms with Crippen molar-refractivity contribution in [3.05, 3.63) is 30.3 Å². The molecule has 0 saturated heterocycles. The molecule has 0 aliphatic carbocycles. The fraction of sp³-hybridized carbons (Fsp3) is 0.333. The van der Waals surface area contributed by atoms with Crippen molar-refractivity contribution >= 4 is 0 Å². The van der Waals surface area contributed by atoms with Gasteiger partial charge in [0.05, 0.1) is 0 Å². The van der Waals surface area contributed by atoms with E-state index in [0.717, 1.165) is 5.75 Å². The van der Waals surface area contributed by atoms with Gasteiger partial charge in [-0.15, -0.1) is 0 Å². The topological polar surface area (TPSA) is 67.5 Å². The molecule has 0 saturated carbocycles. The van der Waals surface area contributed by atoms with E-state index in [9.17, 15) is 0 Å². The van der Waals surface area contributed by atoms with Gasteiger partial charge in [-0.25, -0.2) is 0 Å². The number of hydrogen-bond acceptors (Lipinski definition) is 4. The molecule has 0 amide bonds. The van der Waals surface area contributed by atoms with Crippen LogP contribution < -0.4 is 15.8 Å². The number of para-hydroxylation sites is 1. The molecule has 0 aromatic heterocycles. The molecule has 1 rings (SSSR count). The first kappa shape index (κ1) is 9.98. The van der Waals surface area contributed by atoms with Crippen molar-refractivity contribution in [2.45, 2.75) is 6.23 Å². The SMILES string of the molecule is NC(O)CNCOc1ccccc1. The third-order valence-corrected chi connectivity index (χ3v) is 1.44. The smallest absolute Gasteiger partial charge is 0.139 e. The summed E-state index contributed by atoms with van der Waals surface area (Å²) in [6, 6.07) is 9.44. The van der Waals surface area contributed by atoms with Gasteiger partial charge in [0, 0.05) is 6.54 Å². The van der Waals surface area contributed by atoms with Gasteiger partial charge in [0.15, 0.2) is 0 Å². The van der Waals surface area contributed by atoms with E-state index in [1.165, 1.54) is 0 Å². The summed E-state index contributed by atoms with van der Waals surface area (Å²) in [5, 5.41) is 11.5. The van der Waals surface area contributed by atoms with Gasteiger partial charge in [-0.2, -0.15) is 0 Å². The number of nitrogens with one attached hydrogen (secondary N) is 1. The first-order valence-electron chi connectivity index (χ1n) is 4.11. The molecule has 0 radical (unpaired) electrons. The van der Waals surface area contributed by atoms with E-state index >= 15 is 0 Å². The fourth-order valence-corrected chi connectivity index (χ4v) is 0.858. The second-order valence-corrected chi connectivity index (χ2v) is 2.62. The molecule has 0 aliphatic rings. The zero-order valence-corrected chi connectivity index (χ0v) is 7.31. The van der Waals surface area contributed by atoms with Crippen molar-refractivity contribution in [3.63, 3.8) is 0 Å². The summed E-state index contributed by atoms with van der Waals surface area (Å²) >= 11 is 0. The minimum absolute atomic E-state index is 0.326. The molecule has 1 unspecified atom stereocenters. The van der Waals surface area contributed by atoms with E-state index in [1.54, 1.807) is 0 Å². The summed E-state index contributed by atoms with van der Waals surface area (Å²) in [4.78, 5) is 0. The van der Waals surface area contributed by atoms with Crippen LogP contribution in [0, 0.1) is 0 Å². The second-order valence-electron chi connectivity index (χ2n) is 2.62. The Morgan fingerprint density at radius 3 is 2.69 bits per heavy atom. The van der Waals surface area contributed by atoms with Crippen LogP contribution in [-0.4, -0.2) is 24.6 Å². The third kappa shape index (κ3) is 4.47. The van der Waals surface area contributed by atoms with Crippen LogP contribution in [0.5, 0.6) is 5.75 Å². The van der Waals surface area contributed by atoms with Gasteiger partial charge in [0.2, 0.25) is 0 Å². The molecule has 0 bridgehead atoms. The number of aliphatic hydroxyl groups is 1. The van der Waals surface area contributed by atoms with Crippen molar-refractivity contribution in [1.82, 2.24) is 5.32 Å². The predicted molar refractivity (Wildman–Crippen MR) is 50.1 cm³/mol. The molecule has 1 atom stereocenters. The maximum Gasteiger partial charge on any atom is 0.139 e. The van der Waals surface area contributed by atoms with Gasteiger partial charge in [0.1, 0.15) is 18.7 Å². The normalized spacial score (nSPS) is 12.5. The maximum atomic E-state index is 8.71. The van der Waals surface area contributed by atoms with Gasteiger partial charge in [-0.05, 0) is 12.1 Å². The summed E-state index contributed by atoms with van der Waals surface area (Å²) in [6.07, 6.45) is -0.834. The number of ether oxygens (including phenoxy) is 1. The second kappa shape index (κ2) is 5.53. The Bertz CT molecular complexity index is 226. The van der Waals surface area contributed by atoms with Crippen molar-refractivity contribution in [3.8, 4) is 5.75 Å². The number of hydrogen-bond donors (Lipinski definition) is 3. The molecule has 0 fully saturated rings. The van der Waals surface area contributed by atoms with Crippen molar-refractivity contribution in [2.75, 3.05) is 13.3 Å². The Labute approximate surface area is 77.3 Å². The van der Waals surface area contributed by atoms with E-state index < -0.39 is 6.23 Å². The number of rotatable bonds is 5. The van der Waals surface area contributed by atoms with Crippen molar-refractivity contribution < 1.29 is 9.84 Å². The average Bonchev–Trinajstić information content (AvgIpc) is 2.14. The van der Waals surface area contributed by atoms with Crippen molar-refractivity contribution in [2.24, 2.45) is 5.73 Å². The van der Waals surface area contributed by atoms with E-state index in [1.807, 2.05) is 30.3 Å². The lowest BCUT2D eigenvalue weighted by atomic mass is 10.3. The number of aliphatic hydroxyl groups excluding tert-OH is 1. The molecule has 1 aromatic carbocycles. The van der Waals surface area contributed by atoms with Crippen LogP contribution in [0.25, 0.3) is 0 Å². The summed E-state index contributed by atoms with van der Waals surface area (Å²) < 4.78 is 5.28. The summed E-state index contributed by atoms with van der Waals surface area (Å²) in [6.45, 7) is 0.672. The van der Waals surface area contributed by atoms with Gasteiger partial charge >= 0.3 is 0 Å². The quantitative estimate of drug-likeness (QED) is 0.439. The first-order chi connectivity index (χ1) is 6.29. The van der Waals surface area contributed by atoms with Crippen LogP contribution in [0.1, 0.15) is 0 Å². The molecular formula is C9H14N2O2. The fourth-order valence-electron chi connectivity index (χ4n) is 0.858. The molecule has 0 spiro atoms. The van der Waals surface area contributed by atoms with Gasteiger partial charge < -0.3 is 15.6 Å². The van der Waals surface area contributed by atoms with Gasteiger partial charge in [0.25, 0.3) is 0 Å². The first-order valence-corrected chi connectivity index (χ1v) is 4.11. The van der Waals surface area contributed by atoms with Gasteiger partial charge in [-0.3, -0.25) is 5.32 Å². The van der Waals surface area contributed by atoms with Crippen molar-refractivity contribution in [1.29, 1.82) is 0 Å². The average molecular weight is 182 g/mol. The summed E-state index contributed by atoms with van der Waals surface area (Å²) in [5.41, 5.74) is 5.11. The number of benzene rings is 1. The molecule has 4 heteroatoms. The van der Waals surface area contributed by atoms with Gasteiger partial charge in [-0.1, -0.05) is 18.2 Å². The third-order valence-electron chi connectivity index (χ3n) is 1.44.